The Kier molecular flexibility index (Phi) is 6.01. The number of nitrogens with zero attached hydrogens (tertiary/aromatic N) is 2. The van der Waals surface area contributed by atoms with Gasteiger partial charge in [-0.2, -0.15) is 0 Å². The minimum atomic E-state index is -0.764. The molecule has 1 N–H and O–H groups in total. The van der Waals surface area contributed by atoms with Crippen molar-refractivity contribution in [1.29, 1.82) is 0 Å². The Morgan fingerprint density at radius 3 is 2.11 bits per heavy atom. The number of anilines is 1. The molecule has 0 atom stereocenters. The number of carbonyl (C=O) groups is 2. The Balaban J connectivity index is 2.07. The van der Waals surface area contributed by atoms with Crippen LogP contribution >= 0.6 is 0 Å². The number of nitrogens with one attached hydrogen (secondary N) is 1. The van der Waals surface area contributed by atoms with Gasteiger partial charge in [0, 0.05) is 26.2 Å². The molecule has 0 fully saturated rings. The number of rotatable bonds is 6. The number of carbonyl (C=O) groups excluding carboxylic acids is 2. The van der Waals surface area contributed by atoms with E-state index in [1.807, 2.05) is 0 Å². The summed E-state index contributed by atoms with van der Waals surface area (Å²) in [5.41, 5.74) is -1.04. The third kappa shape index (κ3) is 4.54. The summed E-state index contributed by atoms with van der Waals surface area (Å²) in [4.78, 5) is 47.6. The molecule has 2 aromatic rings. The van der Waals surface area contributed by atoms with Crippen LogP contribution in [0.1, 0.15) is 10.4 Å². The van der Waals surface area contributed by atoms with Crippen LogP contribution in [0, 0.1) is 0 Å². The van der Waals surface area contributed by atoms with Gasteiger partial charge in [-0.25, -0.2) is 9.59 Å². The maximum atomic E-state index is 12.1. The van der Waals surface area contributed by atoms with E-state index in [0.29, 0.717) is 11.5 Å². The molecule has 10 nitrogen and oxygen atoms in total. The second-order valence-corrected chi connectivity index (χ2v) is 5.49. The molecule has 1 amide bonds. The number of aromatic nitrogens is 2. The highest BCUT2D eigenvalue weighted by Gasteiger charge is 2.15. The van der Waals surface area contributed by atoms with Crippen LogP contribution in [0.2, 0.25) is 0 Å². The molecule has 10 heteroatoms. The summed E-state index contributed by atoms with van der Waals surface area (Å²) in [6.07, 6.45) is 0. The van der Waals surface area contributed by atoms with Gasteiger partial charge in [0.2, 0.25) is 0 Å². The predicted octanol–water partition coefficient (Wildman–Crippen LogP) is -0.103. The van der Waals surface area contributed by atoms with Gasteiger partial charge < -0.3 is 19.5 Å². The largest absolute Gasteiger partial charge is 0.497 e. The highest BCUT2D eigenvalue weighted by Crippen LogP contribution is 2.22. The van der Waals surface area contributed by atoms with Crippen LogP contribution in [-0.4, -0.2) is 41.8 Å². The van der Waals surface area contributed by atoms with Crippen molar-refractivity contribution in [2.75, 3.05) is 26.1 Å². The zero-order valence-corrected chi connectivity index (χ0v) is 15.3. The van der Waals surface area contributed by atoms with Crippen LogP contribution in [0.25, 0.3) is 0 Å². The monoisotopic (exact) mass is 377 g/mol. The molecular formula is C17H19N3O7. The first-order valence-electron chi connectivity index (χ1n) is 7.74. The summed E-state index contributed by atoms with van der Waals surface area (Å²) in [6, 6.07) is 5.55. The van der Waals surface area contributed by atoms with E-state index < -0.39 is 29.7 Å². The molecule has 1 heterocycles. The molecule has 27 heavy (non-hydrogen) atoms. The van der Waals surface area contributed by atoms with Crippen LogP contribution in [0.15, 0.2) is 33.9 Å². The van der Waals surface area contributed by atoms with E-state index in [0.717, 1.165) is 15.2 Å². The molecule has 0 unspecified atom stereocenters. The fourth-order valence-corrected chi connectivity index (χ4v) is 2.17. The van der Waals surface area contributed by atoms with E-state index in [-0.39, 0.29) is 11.4 Å². The molecule has 0 spiro atoms. The number of amides is 1. The number of ether oxygens (including phenoxy) is 3. The maximum absolute atomic E-state index is 12.1. The minimum Gasteiger partial charge on any atom is -0.497 e. The van der Waals surface area contributed by atoms with Crippen LogP contribution in [-0.2, 0) is 23.6 Å². The standard InChI is InChI=1S/C17H19N3O7/c1-19-13(8-15(22)20(2)17(19)24)18-14(21)9-27-16(23)10-5-11(25-3)7-12(6-10)26-4/h5-8H,9H2,1-4H3,(H,18,21). The van der Waals surface area contributed by atoms with Gasteiger partial charge in [-0.05, 0) is 12.1 Å². The minimum absolute atomic E-state index is 0.00722. The van der Waals surface area contributed by atoms with Crippen molar-refractivity contribution in [1.82, 2.24) is 9.13 Å². The van der Waals surface area contributed by atoms with Gasteiger partial charge in [0.1, 0.15) is 17.3 Å². The smallest absolute Gasteiger partial charge is 0.338 e. The van der Waals surface area contributed by atoms with Gasteiger partial charge in [-0.1, -0.05) is 0 Å². The van der Waals surface area contributed by atoms with Crippen molar-refractivity contribution in [3.63, 3.8) is 0 Å². The Bertz CT molecular complexity index is 969. The summed E-state index contributed by atoms with van der Waals surface area (Å²) < 4.78 is 17.1. The van der Waals surface area contributed by atoms with Crippen LogP contribution < -0.4 is 26.0 Å². The highest BCUT2D eigenvalue weighted by atomic mass is 16.5. The van der Waals surface area contributed by atoms with Crippen LogP contribution in [0.5, 0.6) is 11.5 Å². The summed E-state index contributed by atoms with van der Waals surface area (Å²) in [5.74, 6) is -0.698. The molecule has 2 rings (SSSR count). The molecule has 0 saturated carbocycles. The fraction of sp³-hybridized carbons (Fsp3) is 0.294. The average molecular weight is 377 g/mol. The fourth-order valence-electron chi connectivity index (χ4n) is 2.17. The summed E-state index contributed by atoms with van der Waals surface area (Å²) >= 11 is 0. The molecule has 0 saturated heterocycles. The third-order valence-electron chi connectivity index (χ3n) is 3.71. The van der Waals surface area contributed by atoms with E-state index in [9.17, 15) is 19.2 Å². The number of methoxy groups -OCH3 is 2. The highest BCUT2D eigenvalue weighted by molar-refractivity contribution is 5.95. The first kappa shape index (κ1) is 19.8. The molecule has 1 aromatic carbocycles. The number of esters is 1. The van der Waals surface area contributed by atoms with Gasteiger partial charge >= 0.3 is 11.7 Å². The van der Waals surface area contributed by atoms with Crippen molar-refractivity contribution < 1.29 is 23.8 Å². The van der Waals surface area contributed by atoms with Crippen molar-refractivity contribution in [3.8, 4) is 11.5 Å². The lowest BCUT2D eigenvalue weighted by molar-refractivity contribution is -0.119. The third-order valence-corrected chi connectivity index (χ3v) is 3.71. The molecule has 0 aliphatic carbocycles. The van der Waals surface area contributed by atoms with Crippen LogP contribution in [0.4, 0.5) is 5.82 Å². The molecule has 0 aliphatic rings. The maximum Gasteiger partial charge on any atom is 0.338 e. The number of hydrogen-bond acceptors (Lipinski definition) is 7. The lowest BCUT2D eigenvalue weighted by Crippen LogP contribution is -2.38. The Hall–Kier alpha value is -3.56. The first-order valence-corrected chi connectivity index (χ1v) is 7.74. The lowest BCUT2D eigenvalue weighted by Gasteiger charge is -2.11. The van der Waals surface area contributed by atoms with Crippen molar-refractivity contribution >= 4 is 17.7 Å². The second-order valence-electron chi connectivity index (χ2n) is 5.49. The molecule has 0 aliphatic heterocycles. The zero-order valence-electron chi connectivity index (χ0n) is 15.3. The van der Waals surface area contributed by atoms with E-state index >= 15 is 0 Å². The molecule has 0 bridgehead atoms. The van der Waals surface area contributed by atoms with Crippen molar-refractivity contribution in [2.24, 2.45) is 14.1 Å². The predicted molar refractivity (Wildman–Crippen MR) is 95.4 cm³/mol. The summed E-state index contributed by atoms with van der Waals surface area (Å²) in [6.45, 7) is -0.609. The van der Waals surface area contributed by atoms with Crippen molar-refractivity contribution in [3.05, 3.63) is 50.7 Å². The quantitative estimate of drug-likeness (QED) is 0.698. The second kappa shape index (κ2) is 8.21. The normalized spacial score (nSPS) is 10.2. The average Bonchev–Trinajstić information content (AvgIpc) is 2.67. The van der Waals surface area contributed by atoms with Gasteiger partial charge in [0.05, 0.1) is 19.8 Å². The summed E-state index contributed by atoms with van der Waals surface area (Å²) in [7, 11) is 5.59. The number of benzene rings is 1. The molecule has 1 aromatic heterocycles. The Labute approximate surface area is 153 Å². The zero-order chi connectivity index (χ0) is 20.1. The molecule has 144 valence electrons. The van der Waals surface area contributed by atoms with Crippen molar-refractivity contribution in [2.45, 2.75) is 0 Å². The Morgan fingerprint density at radius 1 is 0.963 bits per heavy atom. The van der Waals surface area contributed by atoms with E-state index in [2.05, 4.69) is 5.32 Å². The van der Waals surface area contributed by atoms with Crippen LogP contribution in [0.3, 0.4) is 0 Å². The molecule has 0 radical (unpaired) electrons. The lowest BCUT2D eigenvalue weighted by atomic mass is 10.2. The SMILES string of the molecule is COc1cc(OC)cc(C(=O)OCC(=O)Nc2cc(=O)n(C)c(=O)n2C)c1. The first-order chi connectivity index (χ1) is 12.8. The van der Waals surface area contributed by atoms with Gasteiger partial charge in [-0.15, -0.1) is 0 Å². The topological polar surface area (TPSA) is 118 Å². The van der Waals surface area contributed by atoms with E-state index in [4.69, 9.17) is 14.2 Å². The van der Waals surface area contributed by atoms with E-state index in [1.54, 1.807) is 6.07 Å². The van der Waals surface area contributed by atoms with E-state index in [1.165, 1.54) is 40.4 Å². The van der Waals surface area contributed by atoms with Gasteiger partial charge in [0.15, 0.2) is 6.61 Å². The Morgan fingerprint density at radius 2 is 1.56 bits per heavy atom. The number of hydrogen-bond donors (Lipinski definition) is 1. The molecular weight excluding hydrogens is 358 g/mol. The summed E-state index contributed by atoms with van der Waals surface area (Å²) in [5, 5.41) is 2.36. The van der Waals surface area contributed by atoms with Gasteiger partial charge in [-0.3, -0.25) is 18.7 Å². The van der Waals surface area contributed by atoms with Gasteiger partial charge in [0.25, 0.3) is 11.5 Å².